The van der Waals surface area contributed by atoms with Crippen LogP contribution >= 0.6 is 0 Å². The highest BCUT2D eigenvalue weighted by molar-refractivity contribution is 5.76. The van der Waals surface area contributed by atoms with E-state index in [0.29, 0.717) is 0 Å². The van der Waals surface area contributed by atoms with E-state index in [0.717, 1.165) is 12.2 Å². The molecule has 0 unspecified atom stereocenters. The van der Waals surface area contributed by atoms with Gasteiger partial charge in [0.15, 0.2) is 6.20 Å². The average Bonchev–Trinajstić information content (AvgIpc) is 2.91. The van der Waals surface area contributed by atoms with Gasteiger partial charge in [0, 0.05) is 18.6 Å². The Labute approximate surface area is 149 Å². The normalized spacial score (nSPS) is 14.9. The predicted molar refractivity (Wildman–Crippen MR) is 102 cm³/mol. The first kappa shape index (κ1) is 15.9. The minimum atomic E-state index is -0.138. The van der Waals surface area contributed by atoms with Crippen molar-refractivity contribution in [3.63, 3.8) is 0 Å². The summed E-state index contributed by atoms with van der Waals surface area (Å²) < 4.78 is 8.53. The zero-order valence-corrected chi connectivity index (χ0v) is 15.3. The van der Waals surface area contributed by atoms with Gasteiger partial charge in [-0.25, -0.2) is 4.57 Å². The number of aromatic nitrogens is 1. The number of aryl methyl sites for hydroxylation is 2. The number of nitrogens with zero attached hydrogens (tertiary/aromatic N) is 1. The molecule has 2 nitrogen and oxygen atoms in total. The topological polar surface area (TPSA) is 13.1 Å². The molecular formula is C23H24NO+. The molecule has 0 aliphatic carbocycles. The number of ether oxygens (including phenoxy) is 1. The van der Waals surface area contributed by atoms with Crippen LogP contribution in [0.15, 0.2) is 60.8 Å². The molecular weight excluding hydrogens is 306 g/mol. The first-order valence-corrected chi connectivity index (χ1v) is 8.82. The highest BCUT2D eigenvalue weighted by Gasteiger charge is 2.34. The van der Waals surface area contributed by atoms with E-state index in [1.807, 2.05) is 0 Å². The summed E-state index contributed by atoms with van der Waals surface area (Å²) in [5.74, 6) is 1.05. The molecule has 1 aliphatic rings. The average molecular weight is 330 g/mol. The van der Waals surface area contributed by atoms with Crippen LogP contribution in [0.3, 0.4) is 0 Å². The molecule has 2 heteroatoms. The summed E-state index contributed by atoms with van der Waals surface area (Å²) in [4.78, 5) is 0. The Kier molecular flexibility index (Phi) is 3.64. The van der Waals surface area contributed by atoms with E-state index in [1.54, 1.807) is 0 Å². The molecule has 3 aromatic rings. The summed E-state index contributed by atoms with van der Waals surface area (Å²) in [6.07, 6.45) is 3.09. The molecule has 0 fully saturated rings. The Bertz CT molecular complexity index is 942. The summed E-state index contributed by atoms with van der Waals surface area (Å²) in [5.41, 5.74) is 7.27. The molecule has 25 heavy (non-hydrogen) atoms. The van der Waals surface area contributed by atoms with Crippen molar-refractivity contribution in [3.8, 4) is 28.1 Å². The van der Waals surface area contributed by atoms with E-state index in [-0.39, 0.29) is 5.60 Å². The van der Waals surface area contributed by atoms with Gasteiger partial charge < -0.3 is 4.74 Å². The predicted octanol–water partition coefficient (Wildman–Crippen LogP) is 4.87. The first-order chi connectivity index (χ1) is 11.9. The summed E-state index contributed by atoms with van der Waals surface area (Å²) in [6.45, 7) is 6.48. The van der Waals surface area contributed by atoms with Crippen molar-refractivity contribution in [1.29, 1.82) is 0 Å². The van der Waals surface area contributed by atoms with Crippen LogP contribution in [-0.4, -0.2) is 5.60 Å². The number of hydrogen-bond donors (Lipinski definition) is 0. The fraction of sp³-hybridized carbons (Fsp3) is 0.261. The third-order valence-electron chi connectivity index (χ3n) is 4.96. The molecule has 2 aromatic carbocycles. The first-order valence-electron chi connectivity index (χ1n) is 8.82. The molecule has 2 heterocycles. The van der Waals surface area contributed by atoms with Crippen molar-refractivity contribution in [3.05, 3.63) is 71.9 Å². The maximum Gasteiger partial charge on any atom is 0.216 e. The largest absolute Gasteiger partial charge is 0.486 e. The van der Waals surface area contributed by atoms with Crippen LogP contribution in [0.5, 0.6) is 5.75 Å². The Morgan fingerprint density at radius 1 is 0.960 bits per heavy atom. The van der Waals surface area contributed by atoms with Gasteiger partial charge in [0.25, 0.3) is 0 Å². The zero-order valence-electron chi connectivity index (χ0n) is 15.3. The number of rotatable bonds is 2. The molecule has 4 rings (SSSR count). The van der Waals surface area contributed by atoms with Crippen LogP contribution in [0, 0.1) is 6.92 Å². The lowest BCUT2D eigenvalue weighted by molar-refractivity contribution is -0.660. The molecule has 0 spiro atoms. The summed E-state index contributed by atoms with van der Waals surface area (Å²) in [5, 5.41) is 0. The molecule has 0 N–H and O–H groups in total. The van der Waals surface area contributed by atoms with Gasteiger partial charge in [0.05, 0.1) is 5.56 Å². The Hall–Kier alpha value is -2.61. The summed E-state index contributed by atoms with van der Waals surface area (Å²) >= 11 is 0. The van der Waals surface area contributed by atoms with Crippen LogP contribution in [0.25, 0.3) is 22.4 Å². The number of pyridine rings is 1. The van der Waals surface area contributed by atoms with E-state index in [9.17, 15) is 0 Å². The third kappa shape index (κ3) is 2.82. The van der Waals surface area contributed by atoms with E-state index >= 15 is 0 Å². The van der Waals surface area contributed by atoms with Crippen molar-refractivity contribution in [2.45, 2.75) is 32.8 Å². The van der Waals surface area contributed by atoms with Gasteiger partial charge in [-0.15, -0.1) is 0 Å². The second kappa shape index (κ2) is 5.73. The van der Waals surface area contributed by atoms with Gasteiger partial charge in [-0.3, -0.25) is 0 Å². The van der Waals surface area contributed by atoms with Gasteiger partial charge in [-0.2, -0.15) is 0 Å². The molecule has 0 saturated heterocycles. The molecule has 126 valence electrons. The van der Waals surface area contributed by atoms with Crippen molar-refractivity contribution in [2.75, 3.05) is 0 Å². The molecule has 0 amide bonds. The van der Waals surface area contributed by atoms with Crippen molar-refractivity contribution in [2.24, 2.45) is 7.05 Å². The SMILES string of the molecule is Cc1ccc2c(c1-c1cc(-c3ccccc3)cc[n+]1C)OC(C)(C)C2. The van der Waals surface area contributed by atoms with E-state index in [1.165, 1.54) is 33.5 Å². The minimum absolute atomic E-state index is 0.138. The molecule has 0 atom stereocenters. The molecule has 0 saturated carbocycles. The number of benzene rings is 2. The third-order valence-corrected chi connectivity index (χ3v) is 4.96. The van der Waals surface area contributed by atoms with Gasteiger partial charge in [0.1, 0.15) is 18.4 Å². The van der Waals surface area contributed by atoms with Gasteiger partial charge in [-0.05, 0) is 43.0 Å². The van der Waals surface area contributed by atoms with E-state index in [4.69, 9.17) is 4.74 Å². The fourth-order valence-corrected chi connectivity index (χ4v) is 3.70. The molecule has 0 radical (unpaired) electrons. The molecule has 1 aliphatic heterocycles. The van der Waals surface area contributed by atoms with Crippen LogP contribution < -0.4 is 9.30 Å². The van der Waals surface area contributed by atoms with E-state index < -0.39 is 0 Å². The monoisotopic (exact) mass is 330 g/mol. The van der Waals surface area contributed by atoms with Gasteiger partial charge >= 0.3 is 0 Å². The zero-order chi connectivity index (χ0) is 17.6. The highest BCUT2D eigenvalue weighted by atomic mass is 16.5. The highest BCUT2D eigenvalue weighted by Crippen LogP contribution is 2.43. The smallest absolute Gasteiger partial charge is 0.216 e. The maximum absolute atomic E-state index is 6.35. The van der Waals surface area contributed by atoms with E-state index in [2.05, 4.69) is 93.2 Å². The van der Waals surface area contributed by atoms with Gasteiger partial charge in [0.2, 0.25) is 5.69 Å². The minimum Gasteiger partial charge on any atom is -0.486 e. The Morgan fingerprint density at radius 3 is 2.48 bits per heavy atom. The lowest BCUT2D eigenvalue weighted by atomic mass is 9.95. The quantitative estimate of drug-likeness (QED) is 0.611. The maximum atomic E-state index is 6.35. The molecule has 1 aromatic heterocycles. The van der Waals surface area contributed by atoms with Crippen LogP contribution in [0.4, 0.5) is 0 Å². The van der Waals surface area contributed by atoms with Crippen LogP contribution in [-0.2, 0) is 13.5 Å². The standard InChI is InChI=1S/C23H24NO/c1-16-10-11-19-15-23(2,3)25-22(19)21(16)20-14-18(12-13-24(20)4)17-8-6-5-7-9-17/h5-14H,15H2,1-4H3/q+1. The van der Waals surface area contributed by atoms with Gasteiger partial charge in [-0.1, -0.05) is 42.5 Å². The summed E-state index contributed by atoms with van der Waals surface area (Å²) in [7, 11) is 2.10. The second-order valence-electron chi connectivity index (χ2n) is 7.56. The van der Waals surface area contributed by atoms with Crippen molar-refractivity contribution < 1.29 is 9.30 Å². The summed E-state index contributed by atoms with van der Waals surface area (Å²) in [6, 6.07) is 19.4. The number of hydrogen-bond acceptors (Lipinski definition) is 1. The Balaban J connectivity index is 1.91. The lowest BCUT2D eigenvalue weighted by Gasteiger charge is -2.18. The van der Waals surface area contributed by atoms with Crippen molar-refractivity contribution >= 4 is 0 Å². The van der Waals surface area contributed by atoms with Crippen LogP contribution in [0.2, 0.25) is 0 Å². The Morgan fingerprint density at radius 2 is 1.72 bits per heavy atom. The lowest BCUT2D eigenvalue weighted by Crippen LogP contribution is -2.31. The number of fused-ring (bicyclic) bond motifs is 1. The van der Waals surface area contributed by atoms with Crippen molar-refractivity contribution in [1.82, 2.24) is 0 Å². The second-order valence-corrected chi connectivity index (χ2v) is 7.56. The fourth-order valence-electron chi connectivity index (χ4n) is 3.70. The van der Waals surface area contributed by atoms with Crippen LogP contribution in [0.1, 0.15) is 25.0 Å². The molecule has 0 bridgehead atoms.